The number of carbonyl (C=O) groups excluding carboxylic acids is 1. The van der Waals surface area contributed by atoms with Gasteiger partial charge in [0.2, 0.25) is 0 Å². The van der Waals surface area contributed by atoms with Gasteiger partial charge in [-0.2, -0.15) is 0 Å². The zero-order chi connectivity index (χ0) is 19.0. The van der Waals surface area contributed by atoms with E-state index < -0.39 is 0 Å². The lowest BCUT2D eigenvalue weighted by molar-refractivity contribution is 0.0253. The van der Waals surface area contributed by atoms with E-state index in [0.29, 0.717) is 10.6 Å². The van der Waals surface area contributed by atoms with Crippen molar-refractivity contribution in [2.75, 3.05) is 0 Å². The predicted molar refractivity (Wildman–Crippen MR) is 112 cm³/mol. The van der Waals surface area contributed by atoms with Gasteiger partial charge in [0.05, 0.1) is 5.56 Å². The van der Waals surface area contributed by atoms with Gasteiger partial charge in [-0.1, -0.05) is 89.7 Å². The lowest BCUT2D eigenvalue weighted by atomic mass is 10.0. The minimum Gasteiger partial charge on any atom is -0.459 e. The quantitative estimate of drug-likeness (QED) is 0.227. The first-order valence-electron chi connectivity index (χ1n) is 10.6. The molecule has 0 aliphatic heterocycles. The number of benzene rings is 1. The third kappa shape index (κ3) is 10.9. The van der Waals surface area contributed by atoms with Crippen LogP contribution in [0.4, 0.5) is 0 Å². The number of carbonyl (C=O) groups is 1. The van der Waals surface area contributed by atoms with Crippen LogP contribution in [0.3, 0.4) is 0 Å². The van der Waals surface area contributed by atoms with Crippen LogP contribution in [0, 0.1) is 0 Å². The van der Waals surface area contributed by atoms with Gasteiger partial charge in [0.1, 0.15) is 6.10 Å². The lowest BCUT2D eigenvalue weighted by Crippen LogP contribution is -2.18. The van der Waals surface area contributed by atoms with E-state index in [0.717, 1.165) is 25.7 Å². The molecule has 1 aromatic carbocycles. The Morgan fingerprint density at radius 2 is 1.35 bits per heavy atom. The number of rotatable bonds is 15. The largest absolute Gasteiger partial charge is 0.459 e. The fraction of sp³-hybridized carbons (Fsp3) is 0.696. The van der Waals surface area contributed by atoms with Crippen LogP contribution in [0.1, 0.15) is 108 Å². The molecule has 0 bridgehead atoms. The van der Waals surface area contributed by atoms with E-state index in [2.05, 4.69) is 13.8 Å². The average Bonchev–Trinajstić information content (AvgIpc) is 2.63. The molecular formula is C23H37ClO2. The van der Waals surface area contributed by atoms with E-state index in [4.69, 9.17) is 16.3 Å². The van der Waals surface area contributed by atoms with Crippen LogP contribution in [0.25, 0.3) is 0 Å². The van der Waals surface area contributed by atoms with Crippen molar-refractivity contribution >= 4 is 17.6 Å². The second-order valence-corrected chi connectivity index (χ2v) is 7.73. The highest BCUT2D eigenvalue weighted by Crippen LogP contribution is 2.17. The van der Waals surface area contributed by atoms with Crippen molar-refractivity contribution in [3.05, 3.63) is 34.9 Å². The van der Waals surface area contributed by atoms with E-state index in [1.165, 1.54) is 57.8 Å². The molecule has 0 N–H and O–H groups in total. The summed E-state index contributed by atoms with van der Waals surface area (Å²) < 4.78 is 5.72. The number of unbranched alkanes of at least 4 members (excludes halogenated alkanes) is 9. The Bertz CT molecular complexity index is 470. The molecule has 26 heavy (non-hydrogen) atoms. The maximum Gasteiger partial charge on any atom is 0.338 e. The molecule has 0 amide bonds. The van der Waals surface area contributed by atoms with Crippen LogP contribution >= 0.6 is 11.6 Å². The Kier molecular flexibility index (Phi) is 13.4. The van der Waals surface area contributed by atoms with Crippen molar-refractivity contribution in [1.29, 1.82) is 0 Å². The Morgan fingerprint density at radius 3 is 1.88 bits per heavy atom. The molecule has 3 heteroatoms. The topological polar surface area (TPSA) is 26.3 Å². The molecule has 0 spiro atoms. The summed E-state index contributed by atoms with van der Waals surface area (Å²) in [4.78, 5) is 12.3. The number of esters is 1. The molecule has 0 aliphatic carbocycles. The van der Waals surface area contributed by atoms with Crippen molar-refractivity contribution in [3.8, 4) is 0 Å². The molecule has 1 aromatic rings. The second kappa shape index (κ2) is 15.1. The van der Waals surface area contributed by atoms with E-state index in [1.54, 1.807) is 24.3 Å². The Hall–Kier alpha value is -1.02. The second-order valence-electron chi connectivity index (χ2n) is 7.29. The minimum atomic E-state index is -0.229. The first-order valence-corrected chi connectivity index (χ1v) is 11.0. The zero-order valence-electron chi connectivity index (χ0n) is 16.8. The summed E-state index contributed by atoms with van der Waals surface area (Å²) >= 11 is 5.87. The molecule has 0 saturated carbocycles. The fourth-order valence-corrected chi connectivity index (χ4v) is 3.37. The summed E-state index contributed by atoms with van der Waals surface area (Å²) in [5.41, 5.74) is 0.582. The summed E-state index contributed by atoms with van der Waals surface area (Å²) in [5, 5.41) is 0.636. The predicted octanol–water partition coefficient (Wildman–Crippen LogP) is 7.98. The molecule has 0 fully saturated rings. The van der Waals surface area contributed by atoms with E-state index in [9.17, 15) is 4.79 Å². The highest BCUT2D eigenvalue weighted by molar-refractivity contribution is 6.30. The van der Waals surface area contributed by atoms with Gasteiger partial charge in [-0.15, -0.1) is 0 Å². The zero-order valence-corrected chi connectivity index (χ0v) is 17.5. The summed E-state index contributed by atoms with van der Waals surface area (Å²) in [7, 11) is 0. The fourth-order valence-electron chi connectivity index (χ4n) is 3.25. The molecular weight excluding hydrogens is 344 g/mol. The Balaban J connectivity index is 2.16. The molecule has 2 nitrogen and oxygen atoms in total. The first-order chi connectivity index (χ1) is 12.7. The van der Waals surface area contributed by atoms with Gasteiger partial charge in [-0.3, -0.25) is 0 Å². The molecule has 1 rings (SSSR count). The van der Waals surface area contributed by atoms with E-state index in [-0.39, 0.29) is 12.1 Å². The number of hydrogen-bond donors (Lipinski definition) is 0. The highest BCUT2D eigenvalue weighted by atomic mass is 35.5. The van der Waals surface area contributed by atoms with Crippen molar-refractivity contribution in [2.24, 2.45) is 0 Å². The van der Waals surface area contributed by atoms with Crippen LogP contribution in [-0.4, -0.2) is 12.1 Å². The van der Waals surface area contributed by atoms with Crippen molar-refractivity contribution in [3.63, 3.8) is 0 Å². The number of halogens is 1. The Labute approximate surface area is 165 Å². The SMILES string of the molecule is CCCCCCCCCCCCC(CCC)OC(=O)c1ccc(Cl)cc1. The lowest BCUT2D eigenvalue weighted by Gasteiger charge is -2.17. The minimum absolute atomic E-state index is 0.0391. The van der Waals surface area contributed by atoms with Crippen molar-refractivity contribution in [2.45, 2.75) is 103 Å². The third-order valence-corrected chi connectivity index (χ3v) is 5.10. The van der Waals surface area contributed by atoms with Gasteiger partial charge in [0, 0.05) is 5.02 Å². The highest BCUT2D eigenvalue weighted by Gasteiger charge is 2.15. The normalized spacial score (nSPS) is 12.1. The standard InChI is InChI=1S/C23H37ClO2/c1-3-5-6-7-8-9-10-11-12-13-15-22(14-4-2)26-23(25)20-16-18-21(24)19-17-20/h16-19,22H,3-15H2,1-2H3. The smallest absolute Gasteiger partial charge is 0.338 e. The monoisotopic (exact) mass is 380 g/mol. The molecule has 0 saturated heterocycles. The van der Waals surface area contributed by atoms with Crippen LogP contribution in [0.2, 0.25) is 5.02 Å². The van der Waals surface area contributed by atoms with Gasteiger partial charge in [-0.05, 0) is 43.5 Å². The van der Waals surface area contributed by atoms with Gasteiger partial charge in [0.15, 0.2) is 0 Å². The van der Waals surface area contributed by atoms with Crippen LogP contribution in [0.5, 0.6) is 0 Å². The summed E-state index contributed by atoms with van der Waals surface area (Å²) in [6.45, 7) is 4.40. The molecule has 0 heterocycles. The average molecular weight is 381 g/mol. The van der Waals surface area contributed by atoms with Crippen molar-refractivity contribution in [1.82, 2.24) is 0 Å². The summed E-state index contributed by atoms with van der Waals surface area (Å²) in [5.74, 6) is -0.229. The molecule has 1 atom stereocenters. The maximum atomic E-state index is 12.3. The molecule has 148 valence electrons. The van der Waals surface area contributed by atoms with Gasteiger partial charge < -0.3 is 4.74 Å². The number of hydrogen-bond acceptors (Lipinski definition) is 2. The number of ether oxygens (including phenoxy) is 1. The van der Waals surface area contributed by atoms with Crippen LogP contribution in [-0.2, 0) is 4.74 Å². The third-order valence-electron chi connectivity index (χ3n) is 4.84. The molecule has 0 radical (unpaired) electrons. The summed E-state index contributed by atoms with van der Waals surface area (Å²) in [6.07, 6.45) is 16.3. The van der Waals surface area contributed by atoms with E-state index >= 15 is 0 Å². The Morgan fingerprint density at radius 1 is 0.808 bits per heavy atom. The van der Waals surface area contributed by atoms with Gasteiger partial charge in [-0.25, -0.2) is 4.79 Å². The first kappa shape index (κ1) is 23.0. The molecule has 0 aromatic heterocycles. The van der Waals surface area contributed by atoms with E-state index in [1.807, 2.05) is 0 Å². The van der Waals surface area contributed by atoms with Crippen LogP contribution in [0.15, 0.2) is 24.3 Å². The molecule has 1 unspecified atom stereocenters. The van der Waals surface area contributed by atoms with Crippen molar-refractivity contribution < 1.29 is 9.53 Å². The van der Waals surface area contributed by atoms with Gasteiger partial charge >= 0.3 is 5.97 Å². The summed E-state index contributed by atoms with van der Waals surface area (Å²) in [6, 6.07) is 6.92. The molecule has 0 aliphatic rings. The van der Waals surface area contributed by atoms with Crippen LogP contribution < -0.4 is 0 Å². The van der Waals surface area contributed by atoms with Gasteiger partial charge in [0.25, 0.3) is 0 Å². The maximum absolute atomic E-state index is 12.3.